The summed E-state index contributed by atoms with van der Waals surface area (Å²) in [4.78, 5) is 0. The molecule has 1 atom stereocenters. The van der Waals surface area contributed by atoms with Crippen molar-refractivity contribution in [2.75, 3.05) is 0 Å². The van der Waals surface area contributed by atoms with Gasteiger partial charge in [0.15, 0.2) is 0 Å². The van der Waals surface area contributed by atoms with Crippen LogP contribution in [0.4, 0.5) is 0 Å². The fourth-order valence-electron chi connectivity index (χ4n) is 2.05. The van der Waals surface area contributed by atoms with Crippen LogP contribution in [0.2, 0.25) is 10.0 Å². The van der Waals surface area contributed by atoms with Crippen LogP contribution in [0.1, 0.15) is 24.5 Å². The van der Waals surface area contributed by atoms with Crippen molar-refractivity contribution in [3.63, 3.8) is 0 Å². The predicted molar refractivity (Wildman–Crippen MR) is 89.2 cm³/mol. The van der Waals surface area contributed by atoms with Gasteiger partial charge in [-0.3, -0.25) is 0 Å². The third-order valence-corrected chi connectivity index (χ3v) is 3.97. The first-order valence-corrected chi connectivity index (χ1v) is 7.76. The van der Waals surface area contributed by atoms with Crippen LogP contribution in [-0.4, -0.2) is 6.04 Å². The lowest BCUT2D eigenvalue weighted by molar-refractivity contribution is 0.302. The first kappa shape index (κ1) is 16.2. The summed E-state index contributed by atoms with van der Waals surface area (Å²) in [7, 11) is 0. The highest BCUT2D eigenvalue weighted by Crippen LogP contribution is 2.25. The largest absolute Gasteiger partial charge is 0.489 e. The second-order valence-corrected chi connectivity index (χ2v) is 5.85. The number of nitrogens with two attached hydrogens (primary N) is 1. The number of para-hydroxylation sites is 1. The van der Waals surface area contributed by atoms with Gasteiger partial charge in [-0.2, -0.15) is 0 Å². The lowest BCUT2D eigenvalue weighted by Gasteiger charge is -2.15. The molecule has 2 N–H and O–H groups in total. The molecule has 0 fully saturated rings. The molecule has 0 aromatic heterocycles. The SMILES string of the molecule is CCC(N)Cc1ccccc1OCc1cc(Cl)ccc1Cl. The quantitative estimate of drug-likeness (QED) is 0.824. The van der Waals surface area contributed by atoms with E-state index in [-0.39, 0.29) is 6.04 Å². The normalized spacial score (nSPS) is 12.2. The minimum absolute atomic E-state index is 0.143. The molecule has 0 heterocycles. The molecule has 1 unspecified atom stereocenters. The lowest BCUT2D eigenvalue weighted by Crippen LogP contribution is -2.21. The Morgan fingerprint density at radius 3 is 2.62 bits per heavy atom. The summed E-state index contributed by atoms with van der Waals surface area (Å²) < 4.78 is 5.91. The molecule has 0 saturated heterocycles. The van der Waals surface area contributed by atoms with Gasteiger partial charge >= 0.3 is 0 Å². The summed E-state index contributed by atoms with van der Waals surface area (Å²) in [6, 6.07) is 13.5. The van der Waals surface area contributed by atoms with Gasteiger partial charge in [0.1, 0.15) is 12.4 Å². The topological polar surface area (TPSA) is 35.2 Å². The Balaban J connectivity index is 2.11. The summed E-state index contributed by atoms with van der Waals surface area (Å²) in [6.07, 6.45) is 1.74. The average Bonchev–Trinajstić information content (AvgIpc) is 2.49. The molecule has 2 nitrogen and oxygen atoms in total. The summed E-state index contributed by atoms with van der Waals surface area (Å²) in [5.41, 5.74) is 8.02. The zero-order valence-electron chi connectivity index (χ0n) is 12.0. The smallest absolute Gasteiger partial charge is 0.123 e. The van der Waals surface area contributed by atoms with Crippen molar-refractivity contribution in [2.24, 2.45) is 5.73 Å². The van der Waals surface area contributed by atoms with Crippen LogP contribution in [0.25, 0.3) is 0 Å². The molecule has 4 heteroatoms. The van der Waals surface area contributed by atoms with Gasteiger partial charge in [0, 0.05) is 21.7 Å². The fraction of sp³-hybridized carbons (Fsp3) is 0.294. The van der Waals surface area contributed by atoms with Crippen LogP contribution in [0, 0.1) is 0 Å². The van der Waals surface area contributed by atoms with E-state index in [2.05, 4.69) is 6.92 Å². The number of benzene rings is 2. The zero-order valence-corrected chi connectivity index (χ0v) is 13.5. The van der Waals surface area contributed by atoms with Crippen LogP contribution in [0.15, 0.2) is 42.5 Å². The van der Waals surface area contributed by atoms with Crippen LogP contribution >= 0.6 is 23.2 Å². The van der Waals surface area contributed by atoms with E-state index < -0.39 is 0 Å². The van der Waals surface area contributed by atoms with Gasteiger partial charge in [0.05, 0.1) is 0 Å². The third kappa shape index (κ3) is 4.63. The number of halogens is 2. The van der Waals surface area contributed by atoms with Gasteiger partial charge < -0.3 is 10.5 Å². The minimum Gasteiger partial charge on any atom is -0.489 e. The van der Waals surface area contributed by atoms with Crippen molar-refractivity contribution >= 4 is 23.2 Å². The summed E-state index contributed by atoms with van der Waals surface area (Å²) in [5, 5.41) is 1.31. The molecule has 0 spiro atoms. The Labute approximate surface area is 135 Å². The van der Waals surface area contributed by atoms with E-state index in [0.717, 1.165) is 29.7 Å². The van der Waals surface area contributed by atoms with Crippen molar-refractivity contribution in [2.45, 2.75) is 32.4 Å². The minimum atomic E-state index is 0.143. The van der Waals surface area contributed by atoms with E-state index in [4.69, 9.17) is 33.7 Å². The predicted octanol–water partition coefficient (Wildman–Crippen LogP) is 4.85. The summed E-state index contributed by atoms with van der Waals surface area (Å²) in [5.74, 6) is 0.845. The second kappa shape index (κ2) is 7.69. The van der Waals surface area contributed by atoms with Crippen molar-refractivity contribution in [3.8, 4) is 5.75 Å². The lowest BCUT2D eigenvalue weighted by atomic mass is 10.0. The average molecular weight is 324 g/mol. The Kier molecular flexibility index (Phi) is 5.92. The maximum atomic E-state index is 6.15. The van der Waals surface area contributed by atoms with Crippen LogP contribution in [-0.2, 0) is 13.0 Å². The molecule has 2 aromatic carbocycles. The molecular weight excluding hydrogens is 305 g/mol. The maximum absolute atomic E-state index is 6.15. The molecule has 0 aliphatic carbocycles. The molecule has 0 radical (unpaired) electrons. The zero-order chi connectivity index (χ0) is 15.2. The molecular formula is C17H19Cl2NO. The van der Waals surface area contributed by atoms with E-state index in [1.165, 1.54) is 0 Å². The number of rotatable bonds is 6. The molecule has 0 aliphatic rings. The van der Waals surface area contributed by atoms with Crippen LogP contribution in [0.5, 0.6) is 5.75 Å². The Morgan fingerprint density at radius 2 is 1.86 bits per heavy atom. The van der Waals surface area contributed by atoms with Gasteiger partial charge in [-0.15, -0.1) is 0 Å². The molecule has 0 aliphatic heterocycles. The number of hydrogen-bond donors (Lipinski definition) is 1. The molecule has 0 bridgehead atoms. The third-order valence-electron chi connectivity index (χ3n) is 3.37. The second-order valence-electron chi connectivity index (χ2n) is 5.00. The van der Waals surface area contributed by atoms with Gasteiger partial charge in [-0.1, -0.05) is 48.3 Å². The monoisotopic (exact) mass is 323 g/mol. The maximum Gasteiger partial charge on any atom is 0.123 e. The fourth-order valence-corrected chi connectivity index (χ4v) is 2.42. The number of ether oxygens (including phenoxy) is 1. The van der Waals surface area contributed by atoms with E-state index in [0.29, 0.717) is 16.7 Å². The first-order valence-electron chi connectivity index (χ1n) is 7.00. The highest BCUT2D eigenvalue weighted by molar-refractivity contribution is 6.33. The van der Waals surface area contributed by atoms with E-state index in [9.17, 15) is 0 Å². The van der Waals surface area contributed by atoms with E-state index in [1.807, 2.05) is 30.3 Å². The van der Waals surface area contributed by atoms with Crippen molar-refractivity contribution < 1.29 is 4.74 Å². The van der Waals surface area contributed by atoms with E-state index in [1.54, 1.807) is 12.1 Å². The van der Waals surface area contributed by atoms with Crippen molar-refractivity contribution in [1.29, 1.82) is 0 Å². The van der Waals surface area contributed by atoms with Gasteiger partial charge in [-0.25, -0.2) is 0 Å². The Bertz CT molecular complexity index is 601. The Hall–Kier alpha value is -1.22. The number of hydrogen-bond acceptors (Lipinski definition) is 2. The standard InChI is InChI=1S/C17H19Cl2NO/c1-2-15(20)10-12-5-3-4-6-17(12)21-11-13-9-14(18)7-8-16(13)19/h3-9,15H,2,10-11,20H2,1H3. The van der Waals surface area contributed by atoms with Crippen LogP contribution in [0.3, 0.4) is 0 Å². The van der Waals surface area contributed by atoms with Gasteiger partial charge in [0.25, 0.3) is 0 Å². The molecule has 2 aromatic rings. The summed E-state index contributed by atoms with van der Waals surface area (Å²) in [6.45, 7) is 2.47. The molecule has 0 saturated carbocycles. The van der Waals surface area contributed by atoms with Gasteiger partial charge in [-0.05, 0) is 42.7 Å². The van der Waals surface area contributed by atoms with E-state index >= 15 is 0 Å². The first-order chi connectivity index (χ1) is 10.1. The molecule has 0 amide bonds. The molecule has 112 valence electrons. The highest BCUT2D eigenvalue weighted by atomic mass is 35.5. The van der Waals surface area contributed by atoms with Crippen molar-refractivity contribution in [3.05, 3.63) is 63.6 Å². The van der Waals surface area contributed by atoms with Crippen molar-refractivity contribution in [1.82, 2.24) is 0 Å². The molecule has 2 rings (SSSR count). The molecule has 21 heavy (non-hydrogen) atoms. The Morgan fingerprint density at radius 1 is 1.10 bits per heavy atom. The highest BCUT2D eigenvalue weighted by Gasteiger charge is 2.09. The van der Waals surface area contributed by atoms with Crippen LogP contribution < -0.4 is 10.5 Å². The summed E-state index contributed by atoms with van der Waals surface area (Å²) >= 11 is 12.1. The van der Waals surface area contributed by atoms with Gasteiger partial charge in [0.2, 0.25) is 0 Å².